The molecule has 2 aromatic rings. The average Bonchev–Trinajstić information content (AvgIpc) is 2.96. The molecule has 1 atom stereocenters. The lowest BCUT2D eigenvalue weighted by Gasteiger charge is -2.41. The molecule has 1 saturated heterocycles. The molecule has 2 fully saturated rings. The van der Waals surface area contributed by atoms with Crippen molar-refractivity contribution < 1.29 is 14.3 Å². The number of para-hydroxylation sites is 1. The van der Waals surface area contributed by atoms with E-state index in [1.54, 1.807) is 0 Å². The van der Waals surface area contributed by atoms with Crippen molar-refractivity contribution in [1.29, 1.82) is 0 Å². The van der Waals surface area contributed by atoms with Crippen LogP contribution in [0, 0.1) is 5.92 Å². The van der Waals surface area contributed by atoms with Gasteiger partial charge in [0.2, 0.25) is 5.91 Å². The van der Waals surface area contributed by atoms with Gasteiger partial charge in [-0.25, -0.2) is 4.99 Å². The zero-order valence-electron chi connectivity index (χ0n) is 22.7. The Morgan fingerprint density at radius 1 is 1.08 bits per heavy atom. The number of carbonyl (C=O) groups is 1. The van der Waals surface area contributed by atoms with Gasteiger partial charge in [0.1, 0.15) is 11.5 Å². The lowest BCUT2D eigenvalue weighted by atomic mass is 9.86. The standard InChI is InChI=1S/C31H42N4O3/c1-34(25-9-4-2-5-10-25)30(36)14-8-13-29(23-17-19-37-20-18-23)35-22-24-21-27(15-16-28(24)33-31(35)32)38-26-11-6-3-7-12-26/h3,6-7,11-12,15-16,21,23,25,29H,2,4-5,8-10,13-14,17-20,22H2,1H3,(H2,32,33)/t29-/m0/s1. The van der Waals surface area contributed by atoms with E-state index in [4.69, 9.17) is 20.2 Å². The molecule has 1 saturated carbocycles. The second kappa shape index (κ2) is 12.7. The molecule has 204 valence electrons. The molecule has 38 heavy (non-hydrogen) atoms. The molecular weight excluding hydrogens is 476 g/mol. The van der Waals surface area contributed by atoms with Gasteiger partial charge in [-0.2, -0.15) is 0 Å². The summed E-state index contributed by atoms with van der Waals surface area (Å²) in [5.74, 6) is 2.91. The van der Waals surface area contributed by atoms with Crippen LogP contribution < -0.4 is 10.5 Å². The predicted molar refractivity (Wildman–Crippen MR) is 151 cm³/mol. The number of aliphatic imine (C=N–C) groups is 1. The highest BCUT2D eigenvalue weighted by atomic mass is 16.5. The molecule has 2 N–H and O–H groups in total. The van der Waals surface area contributed by atoms with Crippen molar-refractivity contribution in [3.8, 4) is 11.5 Å². The third kappa shape index (κ3) is 6.49. The van der Waals surface area contributed by atoms with Gasteiger partial charge in [0.15, 0.2) is 5.96 Å². The first kappa shape index (κ1) is 26.5. The molecule has 7 nitrogen and oxygen atoms in total. The Morgan fingerprint density at radius 2 is 1.84 bits per heavy atom. The first-order chi connectivity index (χ1) is 18.6. The summed E-state index contributed by atoms with van der Waals surface area (Å²) in [6.07, 6.45) is 10.4. The number of benzene rings is 2. The fraction of sp³-hybridized carbons (Fsp3) is 0.548. The van der Waals surface area contributed by atoms with E-state index >= 15 is 0 Å². The minimum Gasteiger partial charge on any atom is -0.457 e. The largest absolute Gasteiger partial charge is 0.457 e. The topological polar surface area (TPSA) is 80.4 Å². The lowest BCUT2D eigenvalue weighted by Crippen LogP contribution is -2.49. The number of nitrogens with zero attached hydrogens (tertiary/aromatic N) is 3. The van der Waals surface area contributed by atoms with E-state index in [0.29, 0.717) is 30.9 Å². The molecule has 0 bridgehead atoms. The number of ether oxygens (including phenoxy) is 2. The molecule has 7 heteroatoms. The van der Waals surface area contributed by atoms with Gasteiger partial charge in [-0.15, -0.1) is 0 Å². The number of amides is 1. The van der Waals surface area contributed by atoms with E-state index in [9.17, 15) is 4.79 Å². The van der Waals surface area contributed by atoms with Crippen molar-refractivity contribution >= 4 is 17.6 Å². The van der Waals surface area contributed by atoms with Crippen molar-refractivity contribution in [3.05, 3.63) is 54.1 Å². The summed E-state index contributed by atoms with van der Waals surface area (Å²) in [7, 11) is 2.00. The van der Waals surface area contributed by atoms with Gasteiger partial charge in [-0.3, -0.25) is 4.79 Å². The van der Waals surface area contributed by atoms with E-state index < -0.39 is 0 Å². The molecule has 1 aliphatic carbocycles. The molecule has 2 heterocycles. The second-order valence-corrected chi connectivity index (χ2v) is 11.0. The molecule has 0 radical (unpaired) electrons. The Balaban J connectivity index is 1.27. The number of guanidine groups is 1. The summed E-state index contributed by atoms with van der Waals surface area (Å²) in [6, 6.07) is 16.5. The molecule has 2 aromatic carbocycles. The van der Waals surface area contributed by atoms with Crippen LogP contribution in [0.5, 0.6) is 11.5 Å². The predicted octanol–water partition coefficient (Wildman–Crippen LogP) is 6.00. The molecule has 1 amide bonds. The molecule has 0 aromatic heterocycles. The van der Waals surface area contributed by atoms with Crippen LogP contribution >= 0.6 is 0 Å². The first-order valence-electron chi connectivity index (χ1n) is 14.4. The molecule has 3 aliphatic rings. The molecule has 5 rings (SSSR count). The van der Waals surface area contributed by atoms with Crippen molar-refractivity contribution in [1.82, 2.24) is 9.80 Å². The van der Waals surface area contributed by atoms with Gasteiger partial charge in [0, 0.05) is 50.9 Å². The normalized spacial score (nSPS) is 19.4. The van der Waals surface area contributed by atoms with Gasteiger partial charge < -0.3 is 25.0 Å². The summed E-state index contributed by atoms with van der Waals surface area (Å²) >= 11 is 0. The smallest absolute Gasteiger partial charge is 0.222 e. The fourth-order valence-corrected chi connectivity index (χ4v) is 6.28. The summed E-state index contributed by atoms with van der Waals surface area (Å²) in [6.45, 7) is 2.25. The maximum Gasteiger partial charge on any atom is 0.222 e. The SMILES string of the molecule is CN(C(=O)CCC[C@@H](C1CCOCC1)N1Cc2cc(Oc3ccccc3)ccc2N=C1N)C1CCCCC1. The Kier molecular flexibility index (Phi) is 8.84. The van der Waals surface area contributed by atoms with Crippen LogP contribution in [-0.2, 0) is 16.1 Å². The minimum absolute atomic E-state index is 0.224. The Bertz CT molecular complexity index is 1090. The lowest BCUT2D eigenvalue weighted by molar-refractivity contribution is -0.132. The Hall–Kier alpha value is -3.06. The number of hydrogen-bond acceptors (Lipinski definition) is 6. The highest BCUT2D eigenvalue weighted by Crippen LogP contribution is 2.35. The van der Waals surface area contributed by atoms with Crippen LogP contribution in [0.3, 0.4) is 0 Å². The van der Waals surface area contributed by atoms with Crippen molar-refractivity contribution in [2.75, 3.05) is 20.3 Å². The van der Waals surface area contributed by atoms with Crippen LogP contribution in [-0.4, -0.2) is 54.0 Å². The molecule has 0 spiro atoms. The number of rotatable bonds is 9. The number of hydrogen-bond donors (Lipinski definition) is 1. The number of nitrogens with two attached hydrogens (primary N) is 1. The van der Waals surface area contributed by atoms with Gasteiger partial charge in [-0.1, -0.05) is 37.5 Å². The Labute approximate surface area is 227 Å². The maximum atomic E-state index is 13.0. The summed E-state index contributed by atoms with van der Waals surface area (Å²) in [4.78, 5) is 22.1. The summed E-state index contributed by atoms with van der Waals surface area (Å²) < 4.78 is 11.8. The van der Waals surface area contributed by atoms with Crippen LogP contribution in [0.25, 0.3) is 0 Å². The maximum absolute atomic E-state index is 13.0. The minimum atomic E-state index is 0.224. The molecule has 2 aliphatic heterocycles. The quantitative estimate of drug-likeness (QED) is 0.441. The summed E-state index contributed by atoms with van der Waals surface area (Å²) in [5, 5.41) is 0. The molecule has 0 unspecified atom stereocenters. The van der Waals surface area contributed by atoms with E-state index in [0.717, 1.165) is 74.5 Å². The zero-order chi connectivity index (χ0) is 26.3. The van der Waals surface area contributed by atoms with E-state index in [1.165, 1.54) is 19.3 Å². The number of carbonyl (C=O) groups excluding carboxylic acids is 1. The van der Waals surface area contributed by atoms with E-state index in [1.807, 2.05) is 54.4 Å². The van der Waals surface area contributed by atoms with Gasteiger partial charge in [0.25, 0.3) is 0 Å². The Morgan fingerprint density at radius 3 is 2.61 bits per heavy atom. The highest BCUT2D eigenvalue weighted by Gasteiger charge is 2.33. The van der Waals surface area contributed by atoms with Crippen LogP contribution in [0.4, 0.5) is 5.69 Å². The molecular formula is C31H42N4O3. The van der Waals surface area contributed by atoms with Crippen molar-refractivity contribution in [2.24, 2.45) is 16.6 Å². The fourth-order valence-electron chi connectivity index (χ4n) is 6.28. The summed E-state index contributed by atoms with van der Waals surface area (Å²) in [5.41, 5.74) is 8.58. The third-order valence-corrected chi connectivity index (χ3v) is 8.52. The van der Waals surface area contributed by atoms with Gasteiger partial charge >= 0.3 is 0 Å². The van der Waals surface area contributed by atoms with Crippen LogP contribution in [0.2, 0.25) is 0 Å². The first-order valence-corrected chi connectivity index (χ1v) is 14.4. The average molecular weight is 519 g/mol. The van der Waals surface area contributed by atoms with Crippen LogP contribution in [0.1, 0.15) is 69.8 Å². The van der Waals surface area contributed by atoms with E-state index in [-0.39, 0.29) is 11.9 Å². The van der Waals surface area contributed by atoms with Gasteiger partial charge in [-0.05, 0) is 74.8 Å². The second-order valence-electron chi connectivity index (χ2n) is 11.0. The van der Waals surface area contributed by atoms with Crippen LogP contribution in [0.15, 0.2) is 53.5 Å². The highest BCUT2D eigenvalue weighted by molar-refractivity contribution is 5.84. The zero-order valence-corrected chi connectivity index (χ0v) is 22.7. The van der Waals surface area contributed by atoms with Crippen molar-refractivity contribution in [2.45, 2.75) is 82.8 Å². The third-order valence-electron chi connectivity index (χ3n) is 8.52. The monoisotopic (exact) mass is 518 g/mol. The van der Waals surface area contributed by atoms with Crippen molar-refractivity contribution in [3.63, 3.8) is 0 Å². The van der Waals surface area contributed by atoms with E-state index in [2.05, 4.69) is 11.0 Å². The van der Waals surface area contributed by atoms with Gasteiger partial charge in [0.05, 0.1) is 5.69 Å². The number of fused-ring (bicyclic) bond motifs is 1.